The lowest BCUT2D eigenvalue weighted by molar-refractivity contribution is -0.104. The van der Waals surface area contributed by atoms with Crippen molar-refractivity contribution in [1.82, 2.24) is 10.2 Å². The molecule has 0 heterocycles. The quantitative estimate of drug-likeness (QED) is 0.0415. The van der Waals surface area contributed by atoms with Gasteiger partial charge in [0, 0.05) is 12.0 Å². The lowest BCUT2D eigenvalue weighted by atomic mass is 9.69. The summed E-state index contributed by atoms with van der Waals surface area (Å²) in [5.74, 6) is 0.613. The van der Waals surface area contributed by atoms with Crippen LogP contribution in [0, 0.1) is 0 Å². The van der Waals surface area contributed by atoms with Gasteiger partial charge >= 0.3 is 0 Å². The highest BCUT2D eigenvalue weighted by Gasteiger charge is 2.34. The standard InChI is InChI=1S/C23H38F2N2.C8H10O2.C4H10.C4H8.2C2H6/c1-6-15-27(5)16-11-10-14-23(20(4)19(2)3,18-26-17-22(24)25)21-12-8-7-9-13-21;1-3-5-8(10-2)6-4-7-9;2*1-3-4-2;2*1-2/h7-9,12-13,22,26H,6,10-11,14-18H2,1-5H3;3-7H,1H2,2H3;3-4H2,1-2H3;3-4H,1-2H3;2*1-2H3/b;6-4+,8-5+;;4-3-;;. The van der Waals surface area contributed by atoms with Crippen LogP contribution in [0.25, 0.3) is 0 Å². The van der Waals surface area contributed by atoms with E-state index in [2.05, 4.69) is 77.5 Å². The van der Waals surface area contributed by atoms with Crippen molar-refractivity contribution in [2.75, 3.05) is 40.3 Å². The Morgan fingerprint density at radius 2 is 1.49 bits per heavy atom. The van der Waals surface area contributed by atoms with Gasteiger partial charge in [0.25, 0.3) is 6.43 Å². The maximum absolute atomic E-state index is 12.8. The Bertz CT molecular complexity index is 946. The van der Waals surface area contributed by atoms with Crippen LogP contribution in [0.1, 0.15) is 127 Å². The predicted molar refractivity (Wildman–Crippen MR) is 217 cm³/mol. The molecule has 0 spiro atoms. The van der Waals surface area contributed by atoms with Gasteiger partial charge < -0.3 is 15.0 Å². The number of benzene rings is 1. The van der Waals surface area contributed by atoms with Crippen LogP contribution in [-0.4, -0.2) is 57.9 Å². The van der Waals surface area contributed by atoms with Gasteiger partial charge in [0.05, 0.1) is 13.7 Å². The lowest BCUT2D eigenvalue weighted by Crippen LogP contribution is -2.41. The molecule has 1 unspecified atom stereocenters. The van der Waals surface area contributed by atoms with Crippen LogP contribution in [0.3, 0.4) is 0 Å². The molecule has 1 atom stereocenters. The van der Waals surface area contributed by atoms with E-state index in [0.717, 1.165) is 32.4 Å². The molecule has 0 aliphatic heterocycles. The van der Waals surface area contributed by atoms with Crippen molar-refractivity contribution in [2.24, 2.45) is 0 Å². The number of halogens is 2. The van der Waals surface area contributed by atoms with E-state index in [1.165, 1.54) is 49.2 Å². The Kier molecular flexibility index (Phi) is 49.0. The second-order valence-electron chi connectivity index (χ2n) is 11.0. The monoisotopic (exact) mass is 693 g/mol. The first kappa shape index (κ1) is 55.6. The van der Waals surface area contributed by atoms with Gasteiger partial charge in [-0.05, 0) is 97.8 Å². The Labute approximate surface area is 303 Å². The zero-order valence-corrected chi connectivity index (χ0v) is 34.3. The van der Waals surface area contributed by atoms with E-state index >= 15 is 0 Å². The molecular formula is C43H78F2N2O2. The van der Waals surface area contributed by atoms with Crippen molar-refractivity contribution in [3.63, 3.8) is 0 Å². The summed E-state index contributed by atoms with van der Waals surface area (Å²) in [5, 5.41) is 3.04. The molecule has 4 nitrogen and oxygen atoms in total. The normalized spacial score (nSPS) is 11.6. The third kappa shape index (κ3) is 33.4. The molecule has 1 N–H and O–H groups in total. The van der Waals surface area contributed by atoms with E-state index in [-0.39, 0.29) is 12.0 Å². The molecule has 49 heavy (non-hydrogen) atoms. The Morgan fingerprint density at radius 1 is 0.939 bits per heavy atom. The topological polar surface area (TPSA) is 41.6 Å². The first-order valence-electron chi connectivity index (χ1n) is 18.4. The minimum atomic E-state index is -2.33. The van der Waals surface area contributed by atoms with Crippen LogP contribution < -0.4 is 5.32 Å². The summed E-state index contributed by atoms with van der Waals surface area (Å²) in [7, 11) is 3.70. The Morgan fingerprint density at radius 3 is 1.88 bits per heavy atom. The molecular weight excluding hydrogens is 614 g/mol. The number of unbranched alkanes of at least 4 members (excludes halogenated alkanes) is 2. The second-order valence-corrected chi connectivity index (χ2v) is 11.0. The molecule has 286 valence electrons. The number of aldehydes is 1. The first-order chi connectivity index (χ1) is 23.5. The van der Waals surface area contributed by atoms with E-state index in [9.17, 15) is 13.6 Å². The fraction of sp³-hybridized carbons (Fsp3) is 0.605. The smallest absolute Gasteiger partial charge is 0.250 e. The Balaban J connectivity index is -0.000000240. The van der Waals surface area contributed by atoms with Gasteiger partial charge in [-0.25, -0.2) is 8.78 Å². The van der Waals surface area contributed by atoms with Crippen molar-refractivity contribution in [3.8, 4) is 0 Å². The average molecular weight is 693 g/mol. The highest BCUT2D eigenvalue weighted by Crippen LogP contribution is 2.38. The van der Waals surface area contributed by atoms with Crippen molar-refractivity contribution in [2.45, 2.75) is 133 Å². The zero-order valence-electron chi connectivity index (χ0n) is 34.3. The molecule has 1 aromatic carbocycles. The van der Waals surface area contributed by atoms with Gasteiger partial charge in [-0.15, -0.1) is 0 Å². The maximum atomic E-state index is 12.8. The zero-order chi connectivity index (χ0) is 38.9. The number of allylic oxidation sites excluding steroid dienone is 7. The number of hydrogen-bond acceptors (Lipinski definition) is 4. The number of nitrogens with zero attached hydrogens (tertiary/aromatic N) is 1. The molecule has 1 aromatic rings. The van der Waals surface area contributed by atoms with Crippen LogP contribution in [-0.2, 0) is 14.9 Å². The van der Waals surface area contributed by atoms with Crippen molar-refractivity contribution < 1.29 is 18.3 Å². The summed E-state index contributed by atoms with van der Waals surface area (Å²) >= 11 is 0. The summed E-state index contributed by atoms with van der Waals surface area (Å²) in [5.41, 5.74) is 3.53. The molecule has 0 aliphatic carbocycles. The second kappa shape index (κ2) is 43.2. The molecule has 0 radical (unpaired) electrons. The molecule has 1 rings (SSSR count). The van der Waals surface area contributed by atoms with E-state index < -0.39 is 6.43 Å². The van der Waals surface area contributed by atoms with Gasteiger partial charge in [0.1, 0.15) is 12.0 Å². The van der Waals surface area contributed by atoms with Crippen LogP contribution in [0.15, 0.2) is 90.3 Å². The van der Waals surface area contributed by atoms with E-state index in [1.54, 1.807) is 18.2 Å². The van der Waals surface area contributed by atoms with Crippen LogP contribution in [0.2, 0.25) is 0 Å². The molecule has 0 aliphatic rings. The van der Waals surface area contributed by atoms with Crippen molar-refractivity contribution >= 4 is 6.29 Å². The molecule has 6 heteroatoms. The summed E-state index contributed by atoms with van der Waals surface area (Å²) in [6, 6.07) is 10.4. The molecule has 0 aromatic heterocycles. The summed E-state index contributed by atoms with van der Waals surface area (Å²) in [6.07, 6.45) is 15.5. The lowest BCUT2D eigenvalue weighted by Gasteiger charge is -2.37. The fourth-order valence-electron chi connectivity index (χ4n) is 4.25. The number of nitrogens with one attached hydrogen (secondary N) is 1. The van der Waals surface area contributed by atoms with Gasteiger partial charge in [-0.1, -0.05) is 134 Å². The third-order valence-electron chi connectivity index (χ3n) is 7.21. The third-order valence-corrected chi connectivity index (χ3v) is 7.21. The SMILES string of the molecule is C/C=C\C.C=C/C=C(\C=C\C=O)OC.CC.CC.CCCC.CCCN(C)CCCCC(CNCC(F)F)(C(C)=C(C)C)c1ccccc1. The highest BCUT2D eigenvalue weighted by atomic mass is 19.3. The summed E-state index contributed by atoms with van der Waals surface area (Å²) in [6.45, 7) is 30.9. The number of carbonyl (C=O) groups is 1. The van der Waals surface area contributed by atoms with Gasteiger partial charge in [0.15, 0.2) is 0 Å². The number of rotatable bonds is 18. The van der Waals surface area contributed by atoms with E-state index in [0.29, 0.717) is 18.6 Å². The van der Waals surface area contributed by atoms with Gasteiger partial charge in [-0.3, -0.25) is 4.79 Å². The number of carbonyl (C=O) groups excluding carboxylic acids is 1. The minimum Gasteiger partial charge on any atom is -0.497 e. The highest BCUT2D eigenvalue weighted by molar-refractivity contribution is 5.65. The minimum absolute atomic E-state index is 0.238. The first-order valence-corrected chi connectivity index (χ1v) is 18.4. The maximum Gasteiger partial charge on any atom is 0.250 e. The van der Waals surface area contributed by atoms with E-state index in [4.69, 9.17) is 4.74 Å². The molecule has 0 fully saturated rings. The van der Waals surface area contributed by atoms with E-state index in [1.807, 2.05) is 71.9 Å². The van der Waals surface area contributed by atoms with Crippen LogP contribution in [0.4, 0.5) is 8.78 Å². The predicted octanol–water partition coefficient (Wildman–Crippen LogP) is 12.5. The molecule has 0 saturated carbocycles. The van der Waals surface area contributed by atoms with Crippen molar-refractivity contribution in [3.05, 3.63) is 95.8 Å². The average Bonchev–Trinajstić information content (AvgIpc) is 3.13. The largest absolute Gasteiger partial charge is 0.497 e. The fourth-order valence-corrected chi connectivity index (χ4v) is 4.25. The van der Waals surface area contributed by atoms with Gasteiger partial charge in [0.2, 0.25) is 0 Å². The number of hydrogen-bond donors (Lipinski definition) is 1. The number of alkyl halides is 2. The van der Waals surface area contributed by atoms with Crippen molar-refractivity contribution in [1.29, 1.82) is 0 Å². The molecule has 0 saturated heterocycles. The summed E-state index contributed by atoms with van der Waals surface area (Å²) < 4.78 is 30.4. The Hall–Kier alpha value is -2.83. The number of ether oxygens (including phenoxy) is 1. The molecule has 0 bridgehead atoms. The van der Waals surface area contributed by atoms with Crippen LogP contribution in [0.5, 0.6) is 0 Å². The molecule has 0 amide bonds. The van der Waals surface area contributed by atoms with Crippen LogP contribution >= 0.6 is 0 Å². The summed E-state index contributed by atoms with van der Waals surface area (Å²) in [4.78, 5) is 12.2. The number of methoxy groups -OCH3 is 1. The van der Waals surface area contributed by atoms with Gasteiger partial charge in [-0.2, -0.15) is 0 Å².